The van der Waals surface area contributed by atoms with Crippen molar-refractivity contribution in [3.63, 3.8) is 0 Å². The van der Waals surface area contributed by atoms with Crippen LogP contribution >= 0.6 is 28.1 Å². The summed E-state index contributed by atoms with van der Waals surface area (Å²) in [6, 6.07) is 28.6. The van der Waals surface area contributed by atoms with Crippen molar-refractivity contribution in [2.45, 2.75) is 19.3 Å². The molecule has 37 heavy (non-hydrogen) atoms. The Balaban J connectivity index is 1.48. The van der Waals surface area contributed by atoms with E-state index in [1.54, 1.807) is 0 Å². The molecule has 1 aromatic heterocycles. The van der Waals surface area contributed by atoms with E-state index >= 15 is 2.86 Å². The summed E-state index contributed by atoms with van der Waals surface area (Å²) in [5.74, 6) is 0. The number of fused-ring (bicyclic) bond motifs is 8. The van der Waals surface area contributed by atoms with Crippen molar-refractivity contribution >= 4 is 99.6 Å². The van der Waals surface area contributed by atoms with Gasteiger partial charge in [0.2, 0.25) is 0 Å². The minimum absolute atomic E-state index is 0.100. The summed E-state index contributed by atoms with van der Waals surface area (Å²) in [6.45, 7) is 4.70. The Morgan fingerprint density at radius 1 is 0.946 bits per heavy atom. The van der Waals surface area contributed by atoms with Crippen molar-refractivity contribution < 1.29 is 2.86 Å². The molecule has 0 saturated carbocycles. The number of rotatable bonds is 2. The van der Waals surface area contributed by atoms with Crippen LogP contribution < -0.4 is 16.4 Å². The first kappa shape index (κ1) is 21.7. The van der Waals surface area contributed by atoms with Gasteiger partial charge in [0.25, 0.3) is 0 Å². The molecule has 2 nitrogen and oxygen atoms in total. The van der Waals surface area contributed by atoms with Crippen LogP contribution in [0.5, 0.6) is 0 Å². The molecule has 3 radical (unpaired) electrons. The molecule has 0 aliphatic carbocycles. The normalized spacial score (nSPS) is 17.6. The third-order valence-corrected chi connectivity index (χ3v) is 15.7. The number of nitrogens with zero attached hydrogens (tertiary/aromatic N) is 2. The monoisotopic (exact) mass is 603 g/mol. The third kappa shape index (κ3) is 2.59. The second-order valence-corrected chi connectivity index (χ2v) is 17.0. The van der Waals surface area contributed by atoms with E-state index in [9.17, 15) is 0 Å². The van der Waals surface area contributed by atoms with Gasteiger partial charge in [0, 0.05) is 0 Å². The van der Waals surface area contributed by atoms with Crippen LogP contribution in [-0.2, 0) is 5.41 Å². The Labute approximate surface area is 227 Å². The van der Waals surface area contributed by atoms with Crippen molar-refractivity contribution in [1.29, 1.82) is 0 Å². The second kappa shape index (κ2) is 7.24. The van der Waals surface area contributed by atoms with Gasteiger partial charge in [-0.25, -0.2) is 0 Å². The molecule has 5 aliphatic heterocycles. The molecule has 5 aliphatic rings. The van der Waals surface area contributed by atoms with Gasteiger partial charge < -0.3 is 0 Å². The van der Waals surface area contributed by atoms with Gasteiger partial charge in [0.15, 0.2) is 0 Å². The molecule has 0 unspecified atom stereocenters. The molecule has 10 rings (SSSR count). The zero-order valence-corrected chi connectivity index (χ0v) is 23.5. The van der Waals surface area contributed by atoms with Gasteiger partial charge in [0.1, 0.15) is 0 Å². The number of benzene rings is 4. The molecule has 0 N–H and O–H groups in total. The standard InChI is InChI=1S/C27H19B5FIN2P/c1-27(2)18-10-4-5-11-19(18)30-20-12-6-8-14-23(20)36-22-13-7-3-9-16(22)17-15-21(24(27)25(30)26(17)36)34(33)35-37-31-28-32(37)29-31/h3-15H,1-2H3. The first-order chi connectivity index (χ1) is 18.0. The number of hydrogen-bond acceptors (Lipinski definition) is 1. The summed E-state index contributed by atoms with van der Waals surface area (Å²) in [7, 11) is 4.13. The van der Waals surface area contributed by atoms with E-state index in [1.807, 2.05) is 0 Å². The molecule has 0 amide bonds. The minimum atomic E-state index is -3.24. The van der Waals surface area contributed by atoms with E-state index in [0.717, 1.165) is 3.57 Å². The molecular formula is C27H19B5FIN2P. The topological polar surface area (TPSA) is 17.3 Å². The first-order valence-corrected chi connectivity index (χ1v) is 17.2. The van der Waals surface area contributed by atoms with Crippen LogP contribution in [0.2, 0.25) is 0 Å². The van der Waals surface area contributed by atoms with E-state index in [0.29, 0.717) is 12.4 Å². The van der Waals surface area contributed by atoms with Gasteiger partial charge in [-0.05, 0) is 0 Å². The predicted octanol–water partition coefficient (Wildman–Crippen LogP) is 4.80. The maximum absolute atomic E-state index is 16.7. The van der Waals surface area contributed by atoms with Crippen LogP contribution in [0.3, 0.4) is 0 Å². The second-order valence-electron chi connectivity index (χ2n) is 11.1. The summed E-state index contributed by atoms with van der Waals surface area (Å²) >= 11 is -3.24. The molecule has 4 aromatic carbocycles. The number of halogens is 2. The SMILES string of the molecule is CC1(C)c2ccccc2B2c3ccccc3-n3c4ccccc4c4cc(I(F)N=[P+]5B6[B]B5[B-]6)c1c2c43. The maximum atomic E-state index is 16.7. The van der Waals surface area contributed by atoms with Crippen LogP contribution in [0.15, 0.2) is 81.8 Å². The number of aromatic nitrogens is 1. The fraction of sp³-hybridized carbons (Fsp3) is 0.111. The Morgan fingerprint density at radius 2 is 1.65 bits per heavy atom. The van der Waals surface area contributed by atoms with Gasteiger partial charge >= 0.3 is 228 Å². The van der Waals surface area contributed by atoms with Crippen molar-refractivity contribution in [2.24, 2.45) is 2.96 Å². The summed E-state index contributed by atoms with van der Waals surface area (Å²) in [5.41, 5.74) is 9.89. The van der Waals surface area contributed by atoms with E-state index < -0.39 is 28.1 Å². The average molecular weight is 602 g/mol. The molecule has 3 saturated heterocycles. The zero-order valence-electron chi connectivity index (χ0n) is 20.5. The average Bonchev–Trinajstić information content (AvgIpc) is 3.21. The molecule has 10 heteroatoms. The van der Waals surface area contributed by atoms with E-state index in [2.05, 4.69) is 111 Å². The number of hydrogen-bond donors (Lipinski definition) is 0. The van der Waals surface area contributed by atoms with E-state index in [-0.39, 0.29) is 12.1 Å². The van der Waals surface area contributed by atoms with Crippen LogP contribution in [0, 0.1) is 3.57 Å². The molecule has 3 fully saturated rings. The summed E-state index contributed by atoms with van der Waals surface area (Å²) in [4.78, 5) is 0. The Morgan fingerprint density at radius 3 is 2.43 bits per heavy atom. The van der Waals surface area contributed by atoms with Crippen LogP contribution in [0.4, 0.5) is 2.86 Å². The molecular weight excluding hydrogens is 583 g/mol. The number of para-hydroxylation sites is 2. The summed E-state index contributed by atoms with van der Waals surface area (Å²) in [6.07, 6.45) is 0.925. The van der Waals surface area contributed by atoms with Gasteiger partial charge in [-0.1, -0.05) is 0 Å². The van der Waals surface area contributed by atoms with Crippen molar-refractivity contribution in [1.82, 2.24) is 4.57 Å². The summed E-state index contributed by atoms with van der Waals surface area (Å²) < 4.78 is 25.0. The van der Waals surface area contributed by atoms with Gasteiger partial charge in [-0.2, -0.15) is 0 Å². The quantitative estimate of drug-likeness (QED) is 0.154. The Bertz CT molecular complexity index is 1870. The Kier molecular flexibility index (Phi) is 4.24. The molecule has 0 spiro atoms. The Hall–Kier alpha value is -2.24. The van der Waals surface area contributed by atoms with Crippen LogP contribution in [0.25, 0.3) is 27.5 Å². The predicted molar refractivity (Wildman–Crippen MR) is 170 cm³/mol. The van der Waals surface area contributed by atoms with Crippen molar-refractivity contribution in [3.05, 3.63) is 93.6 Å². The fourth-order valence-electron chi connectivity index (χ4n) is 7.23. The van der Waals surface area contributed by atoms with Crippen molar-refractivity contribution in [2.75, 3.05) is 0 Å². The van der Waals surface area contributed by atoms with Crippen molar-refractivity contribution in [3.8, 4) is 5.69 Å². The molecule has 5 aromatic rings. The molecule has 6 heterocycles. The molecule has 0 atom stereocenters. The zero-order chi connectivity index (χ0) is 24.6. The summed E-state index contributed by atoms with van der Waals surface area (Å²) in [5, 5.41) is 2.38. The molecule has 171 valence electrons. The van der Waals surface area contributed by atoms with Crippen LogP contribution in [-0.4, -0.2) is 37.8 Å². The van der Waals surface area contributed by atoms with E-state index in [4.69, 9.17) is 2.96 Å². The van der Waals surface area contributed by atoms with Crippen LogP contribution in [0.1, 0.15) is 25.0 Å². The van der Waals surface area contributed by atoms with Gasteiger partial charge in [-0.3, -0.25) is 0 Å². The molecule has 2 bridgehead atoms. The third-order valence-electron chi connectivity index (χ3n) is 9.02. The van der Waals surface area contributed by atoms with E-state index in [1.165, 1.54) is 55.0 Å². The van der Waals surface area contributed by atoms with Gasteiger partial charge in [0.05, 0.1) is 0 Å². The first-order valence-electron chi connectivity index (χ1n) is 12.9. The van der Waals surface area contributed by atoms with Gasteiger partial charge in [-0.15, -0.1) is 0 Å². The fourth-order valence-corrected chi connectivity index (χ4v) is 14.6.